The molecule has 0 bridgehead atoms. The summed E-state index contributed by atoms with van der Waals surface area (Å²) in [5.41, 5.74) is -0.300. The Balaban J connectivity index is 1.34. The van der Waals surface area contributed by atoms with Gasteiger partial charge in [-0.15, -0.1) is 0 Å². The van der Waals surface area contributed by atoms with Crippen molar-refractivity contribution in [3.8, 4) is 0 Å². The van der Waals surface area contributed by atoms with Crippen LogP contribution in [0.4, 0.5) is 17.6 Å². The van der Waals surface area contributed by atoms with Crippen LogP contribution in [0.5, 0.6) is 0 Å². The number of carbonyl (C=O) groups excluding carboxylic acids is 1. The normalized spacial score (nSPS) is 31.6. The second-order valence-corrected chi connectivity index (χ2v) is 11.4. The number of likely N-dealkylation sites (tertiary alicyclic amines) is 1. The molecule has 4 fully saturated rings. The van der Waals surface area contributed by atoms with Crippen molar-refractivity contribution < 1.29 is 27.1 Å². The molecular weight excluding hydrogens is 474 g/mol. The summed E-state index contributed by atoms with van der Waals surface area (Å²) in [6, 6.07) is 6.06. The van der Waals surface area contributed by atoms with Gasteiger partial charge in [0, 0.05) is 50.6 Å². The third kappa shape index (κ3) is 4.67. The van der Waals surface area contributed by atoms with E-state index in [0.717, 1.165) is 56.5 Å². The molecule has 1 amide bonds. The van der Waals surface area contributed by atoms with Crippen molar-refractivity contribution in [3.05, 3.63) is 35.4 Å². The maximum absolute atomic E-state index is 13.1. The van der Waals surface area contributed by atoms with E-state index in [-0.39, 0.29) is 36.6 Å². The van der Waals surface area contributed by atoms with Crippen molar-refractivity contribution in [1.82, 2.24) is 14.7 Å². The van der Waals surface area contributed by atoms with Crippen molar-refractivity contribution >= 4 is 5.91 Å². The quantitative estimate of drug-likeness (QED) is 0.497. The number of carbonyl (C=O) groups is 1. The molecule has 0 radical (unpaired) electrons. The van der Waals surface area contributed by atoms with Gasteiger partial charge >= 0.3 is 6.18 Å². The third-order valence-electron chi connectivity index (χ3n) is 8.94. The average molecular weight is 512 g/mol. The Labute approximate surface area is 210 Å². The van der Waals surface area contributed by atoms with Gasteiger partial charge in [0.25, 0.3) is 0 Å². The molecule has 3 aliphatic heterocycles. The summed E-state index contributed by atoms with van der Waals surface area (Å²) in [5.74, 6) is 0.774. The van der Waals surface area contributed by atoms with E-state index in [4.69, 9.17) is 4.74 Å². The predicted octanol–water partition coefficient (Wildman–Crippen LogP) is 4.70. The minimum absolute atomic E-state index is 0.112. The fourth-order valence-electron chi connectivity index (χ4n) is 6.94. The Bertz CT molecular complexity index is 934. The van der Waals surface area contributed by atoms with Crippen molar-refractivity contribution in [2.24, 2.45) is 11.8 Å². The maximum Gasteiger partial charge on any atom is 0.416 e. The van der Waals surface area contributed by atoms with Crippen molar-refractivity contribution in [2.75, 3.05) is 32.9 Å². The lowest BCUT2D eigenvalue weighted by molar-refractivity contribution is -0.194. The highest BCUT2D eigenvalue weighted by Crippen LogP contribution is 2.51. The average Bonchev–Trinajstić information content (AvgIpc) is 3.21. The van der Waals surface area contributed by atoms with Crippen LogP contribution in [-0.4, -0.2) is 77.4 Å². The first-order valence-electron chi connectivity index (χ1n) is 13.3. The van der Waals surface area contributed by atoms with Gasteiger partial charge in [0.1, 0.15) is 12.4 Å². The second kappa shape index (κ2) is 9.87. The first-order valence-corrected chi connectivity index (χ1v) is 13.3. The molecule has 1 aromatic carbocycles. The second-order valence-electron chi connectivity index (χ2n) is 11.4. The molecule has 0 unspecified atom stereocenters. The number of alkyl halides is 4. The summed E-state index contributed by atoms with van der Waals surface area (Å²) in [6.45, 7) is 7.01. The van der Waals surface area contributed by atoms with Crippen molar-refractivity contribution in [1.29, 1.82) is 0 Å². The molecule has 36 heavy (non-hydrogen) atoms. The Morgan fingerprint density at radius 3 is 2.50 bits per heavy atom. The van der Waals surface area contributed by atoms with Crippen LogP contribution in [0.1, 0.15) is 57.1 Å². The maximum atomic E-state index is 13.1. The fourth-order valence-corrected chi connectivity index (χ4v) is 6.94. The zero-order valence-corrected chi connectivity index (χ0v) is 21.1. The summed E-state index contributed by atoms with van der Waals surface area (Å²) < 4.78 is 58.5. The first-order chi connectivity index (χ1) is 17.1. The van der Waals surface area contributed by atoms with E-state index in [1.54, 1.807) is 12.1 Å². The molecule has 1 spiro atoms. The highest BCUT2D eigenvalue weighted by molar-refractivity contribution is 5.78. The van der Waals surface area contributed by atoms with Crippen LogP contribution in [0, 0.1) is 11.8 Å². The molecule has 1 aromatic rings. The van der Waals surface area contributed by atoms with Gasteiger partial charge < -0.3 is 9.64 Å². The lowest BCUT2D eigenvalue weighted by Gasteiger charge is -2.56. The Morgan fingerprint density at radius 1 is 1.14 bits per heavy atom. The summed E-state index contributed by atoms with van der Waals surface area (Å²) in [6.07, 6.45) is -0.459. The lowest BCUT2D eigenvalue weighted by atomic mass is 9.72. The van der Waals surface area contributed by atoms with Crippen LogP contribution in [0.3, 0.4) is 0 Å². The number of amides is 1. The minimum Gasteiger partial charge on any atom is -0.353 e. The Hall–Kier alpha value is -1.71. The van der Waals surface area contributed by atoms with E-state index in [2.05, 4.69) is 28.5 Å². The molecule has 5 rings (SSSR count). The third-order valence-corrected chi connectivity index (χ3v) is 8.94. The van der Waals surface area contributed by atoms with Gasteiger partial charge in [0.05, 0.1) is 18.2 Å². The lowest BCUT2D eigenvalue weighted by Crippen LogP contribution is -2.66. The Kier molecular flexibility index (Phi) is 7.11. The van der Waals surface area contributed by atoms with Crippen LogP contribution in [0.25, 0.3) is 0 Å². The van der Waals surface area contributed by atoms with E-state index in [9.17, 15) is 22.4 Å². The molecule has 3 heterocycles. The number of ether oxygens (including phenoxy) is 1. The number of rotatable bonds is 7. The largest absolute Gasteiger partial charge is 0.416 e. The highest BCUT2D eigenvalue weighted by atomic mass is 19.4. The molecule has 9 heteroatoms. The summed E-state index contributed by atoms with van der Waals surface area (Å²) in [7, 11) is 0. The van der Waals surface area contributed by atoms with Gasteiger partial charge in [0.15, 0.2) is 0 Å². The SMILES string of the molecule is CC(C)[C@@H]1CO[C@]23CC[C@H](N(Cc4ccc(C(F)(F)F)cc4)C4CN(CCF)C4)C[C@H]2CCC(=O)N13. The van der Waals surface area contributed by atoms with Crippen LogP contribution in [0.15, 0.2) is 24.3 Å². The molecule has 4 atom stereocenters. The van der Waals surface area contributed by atoms with Crippen LogP contribution >= 0.6 is 0 Å². The van der Waals surface area contributed by atoms with Crippen LogP contribution in [-0.2, 0) is 22.3 Å². The first kappa shape index (κ1) is 25.9. The van der Waals surface area contributed by atoms with Gasteiger partial charge in [-0.1, -0.05) is 26.0 Å². The van der Waals surface area contributed by atoms with E-state index >= 15 is 0 Å². The van der Waals surface area contributed by atoms with Gasteiger partial charge in [-0.25, -0.2) is 4.39 Å². The topological polar surface area (TPSA) is 36.0 Å². The number of benzene rings is 1. The van der Waals surface area contributed by atoms with Gasteiger partial charge in [-0.3, -0.25) is 14.6 Å². The number of piperidine rings is 1. The number of nitrogens with zero attached hydrogens (tertiary/aromatic N) is 3. The minimum atomic E-state index is -4.35. The van der Waals surface area contributed by atoms with Crippen LogP contribution < -0.4 is 0 Å². The molecule has 1 saturated carbocycles. The highest BCUT2D eigenvalue weighted by Gasteiger charge is 2.59. The van der Waals surface area contributed by atoms with Gasteiger partial charge in [-0.05, 0) is 49.3 Å². The number of hydrogen-bond acceptors (Lipinski definition) is 4. The molecule has 0 N–H and O–H groups in total. The molecule has 1 aliphatic carbocycles. The molecule has 5 nitrogen and oxygen atoms in total. The van der Waals surface area contributed by atoms with E-state index < -0.39 is 17.5 Å². The summed E-state index contributed by atoms with van der Waals surface area (Å²) >= 11 is 0. The van der Waals surface area contributed by atoms with E-state index in [0.29, 0.717) is 32.0 Å². The van der Waals surface area contributed by atoms with E-state index in [1.807, 2.05) is 0 Å². The number of hydrogen-bond donors (Lipinski definition) is 0. The predicted molar refractivity (Wildman–Crippen MR) is 128 cm³/mol. The van der Waals surface area contributed by atoms with Gasteiger partial charge in [0.2, 0.25) is 5.91 Å². The number of halogens is 4. The molecule has 0 aromatic heterocycles. The van der Waals surface area contributed by atoms with Gasteiger partial charge in [-0.2, -0.15) is 13.2 Å². The summed E-state index contributed by atoms with van der Waals surface area (Å²) in [5, 5.41) is 0. The molecular formula is C27H37F4N3O2. The van der Waals surface area contributed by atoms with Crippen molar-refractivity contribution in [2.45, 2.75) is 82.5 Å². The smallest absolute Gasteiger partial charge is 0.353 e. The van der Waals surface area contributed by atoms with Crippen molar-refractivity contribution in [3.63, 3.8) is 0 Å². The monoisotopic (exact) mass is 511 g/mol. The Morgan fingerprint density at radius 2 is 1.86 bits per heavy atom. The molecule has 4 aliphatic rings. The zero-order valence-electron chi connectivity index (χ0n) is 21.1. The fraction of sp³-hybridized carbons (Fsp3) is 0.741. The molecule has 3 saturated heterocycles. The van der Waals surface area contributed by atoms with Crippen LogP contribution in [0.2, 0.25) is 0 Å². The summed E-state index contributed by atoms with van der Waals surface area (Å²) in [4.78, 5) is 19.6. The zero-order chi connectivity index (χ0) is 25.7. The standard InChI is InChI=1S/C27H37F4N3O2/c1-18(2)24-17-36-26-10-9-22(13-21(26)7-8-25(35)34(24)26)33(23-15-32(16-23)12-11-28)14-19-3-5-20(6-4-19)27(29,30)31/h3-6,18,21-24H,7-17H2,1-2H3/t21-,22+,24+,26-/m1/s1. The molecule has 200 valence electrons. The van der Waals surface area contributed by atoms with E-state index in [1.165, 1.54) is 0 Å².